The van der Waals surface area contributed by atoms with Gasteiger partial charge in [0.1, 0.15) is 5.57 Å². The Morgan fingerprint density at radius 2 is 1.55 bits per heavy atom. The molecule has 20 heavy (non-hydrogen) atoms. The van der Waals surface area contributed by atoms with Crippen LogP contribution in [0.15, 0.2) is 54.5 Å². The Bertz CT molecular complexity index is 703. The molecule has 0 aliphatic carbocycles. The van der Waals surface area contributed by atoms with Crippen molar-refractivity contribution in [3.05, 3.63) is 60.1 Å². The van der Waals surface area contributed by atoms with E-state index in [1.165, 1.54) is 11.2 Å². The van der Waals surface area contributed by atoms with Crippen LogP contribution < -0.4 is 5.01 Å². The Hall–Kier alpha value is -3.02. The Morgan fingerprint density at radius 3 is 2.20 bits per heavy atom. The number of carboxylic acids is 2. The van der Waals surface area contributed by atoms with Crippen molar-refractivity contribution < 1.29 is 19.8 Å². The summed E-state index contributed by atoms with van der Waals surface area (Å²) in [5, 5.41) is 21.7. The second kappa shape index (κ2) is 4.27. The highest BCUT2D eigenvalue weighted by molar-refractivity contribution is 6.23. The number of fused-ring (bicyclic) bond motifs is 3. The molecule has 6 nitrogen and oxygen atoms in total. The number of allylic oxidation sites excluding steroid dienone is 2. The largest absolute Gasteiger partial charge is 0.478 e. The molecule has 6 heteroatoms. The Morgan fingerprint density at radius 1 is 0.900 bits per heavy atom. The second-order valence-electron chi connectivity index (χ2n) is 4.22. The first kappa shape index (κ1) is 12.0. The number of rotatable bonds is 2. The standard InChI is InChI=1S/C14H10N2O4/c17-13(18)11-9-5-1-2-6-10(9)15-7-3-4-8-16(15)12(11)14(19)20/h1-8H,(H,17,18)(H,19,20). The Labute approximate surface area is 114 Å². The van der Waals surface area contributed by atoms with E-state index in [0.717, 1.165) is 0 Å². The number of hydrazine groups is 1. The van der Waals surface area contributed by atoms with Crippen LogP contribution in [-0.2, 0) is 9.59 Å². The van der Waals surface area contributed by atoms with E-state index >= 15 is 0 Å². The van der Waals surface area contributed by atoms with Crippen LogP contribution in [0.5, 0.6) is 0 Å². The van der Waals surface area contributed by atoms with Gasteiger partial charge in [0.05, 0.1) is 5.69 Å². The number of nitrogens with zero attached hydrogens (tertiary/aromatic N) is 2. The van der Waals surface area contributed by atoms with Crippen LogP contribution in [0, 0.1) is 0 Å². The quantitative estimate of drug-likeness (QED) is 0.850. The third-order valence-corrected chi connectivity index (χ3v) is 3.10. The van der Waals surface area contributed by atoms with Gasteiger partial charge in [-0.15, -0.1) is 0 Å². The molecule has 0 bridgehead atoms. The number of hydrogen-bond donors (Lipinski definition) is 2. The monoisotopic (exact) mass is 270 g/mol. The molecule has 0 radical (unpaired) electrons. The minimum Gasteiger partial charge on any atom is -0.478 e. The third kappa shape index (κ3) is 1.58. The minimum absolute atomic E-state index is 0.218. The van der Waals surface area contributed by atoms with Gasteiger partial charge in [-0.25, -0.2) is 14.6 Å². The first-order valence-corrected chi connectivity index (χ1v) is 5.85. The van der Waals surface area contributed by atoms with Gasteiger partial charge in [-0.2, -0.15) is 0 Å². The average Bonchev–Trinajstić information content (AvgIpc) is 2.45. The lowest BCUT2D eigenvalue weighted by molar-refractivity contribution is -0.135. The van der Waals surface area contributed by atoms with E-state index in [2.05, 4.69) is 0 Å². The van der Waals surface area contributed by atoms with E-state index in [4.69, 9.17) is 0 Å². The summed E-state index contributed by atoms with van der Waals surface area (Å²) >= 11 is 0. The first-order valence-electron chi connectivity index (χ1n) is 5.85. The summed E-state index contributed by atoms with van der Waals surface area (Å²) in [5.41, 5.74) is 0.505. The average molecular weight is 270 g/mol. The van der Waals surface area contributed by atoms with E-state index in [1.54, 1.807) is 47.6 Å². The van der Waals surface area contributed by atoms with E-state index in [0.29, 0.717) is 11.3 Å². The fourth-order valence-corrected chi connectivity index (χ4v) is 2.33. The van der Waals surface area contributed by atoms with E-state index < -0.39 is 11.9 Å². The molecule has 0 spiro atoms. The molecule has 0 atom stereocenters. The number of hydrogen-bond acceptors (Lipinski definition) is 4. The van der Waals surface area contributed by atoms with E-state index in [9.17, 15) is 19.8 Å². The molecule has 2 heterocycles. The van der Waals surface area contributed by atoms with Crippen molar-refractivity contribution in [3.63, 3.8) is 0 Å². The summed E-state index contributed by atoms with van der Waals surface area (Å²) in [6.07, 6.45) is 6.59. The molecule has 1 aromatic carbocycles. The van der Waals surface area contributed by atoms with Crippen LogP contribution in [-0.4, -0.2) is 27.2 Å². The number of carbonyl (C=O) groups is 2. The van der Waals surface area contributed by atoms with Gasteiger partial charge in [0.15, 0.2) is 5.70 Å². The van der Waals surface area contributed by atoms with Crippen molar-refractivity contribution in [1.29, 1.82) is 0 Å². The summed E-state index contributed by atoms with van der Waals surface area (Å²) in [4.78, 5) is 23.0. The van der Waals surface area contributed by atoms with Gasteiger partial charge < -0.3 is 10.2 Å². The number of para-hydroxylation sites is 1. The third-order valence-electron chi connectivity index (χ3n) is 3.10. The summed E-state index contributed by atoms with van der Waals surface area (Å²) < 4.78 is 0. The molecular formula is C14H10N2O4. The van der Waals surface area contributed by atoms with E-state index in [1.807, 2.05) is 0 Å². The van der Waals surface area contributed by atoms with Gasteiger partial charge >= 0.3 is 11.9 Å². The van der Waals surface area contributed by atoms with Gasteiger partial charge in [0, 0.05) is 18.0 Å². The van der Waals surface area contributed by atoms with Crippen LogP contribution in [0.2, 0.25) is 0 Å². The highest BCUT2D eigenvalue weighted by Crippen LogP contribution is 2.38. The maximum atomic E-state index is 11.5. The maximum Gasteiger partial charge on any atom is 0.355 e. The molecule has 2 aliphatic heterocycles. The number of benzene rings is 1. The molecule has 0 unspecified atom stereocenters. The number of aliphatic carboxylic acids is 2. The molecule has 2 N–H and O–H groups in total. The predicted octanol–water partition coefficient (Wildman–Crippen LogP) is 1.64. The molecule has 0 saturated heterocycles. The van der Waals surface area contributed by atoms with Crippen LogP contribution in [0.1, 0.15) is 5.56 Å². The van der Waals surface area contributed by atoms with Gasteiger partial charge in [-0.05, 0) is 18.2 Å². The molecule has 0 saturated carbocycles. The Balaban J connectivity index is 2.35. The van der Waals surface area contributed by atoms with Crippen molar-refractivity contribution in [2.75, 3.05) is 5.01 Å². The maximum absolute atomic E-state index is 11.5. The van der Waals surface area contributed by atoms with Crippen LogP contribution >= 0.6 is 0 Å². The van der Waals surface area contributed by atoms with Gasteiger partial charge in [0.25, 0.3) is 0 Å². The zero-order chi connectivity index (χ0) is 14.3. The van der Waals surface area contributed by atoms with Crippen molar-refractivity contribution in [1.82, 2.24) is 5.01 Å². The summed E-state index contributed by atoms with van der Waals surface area (Å²) in [6, 6.07) is 6.80. The molecule has 0 fully saturated rings. The lowest BCUT2D eigenvalue weighted by Crippen LogP contribution is -2.42. The molecule has 1 aromatic rings. The Kier molecular flexibility index (Phi) is 2.57. The molecule has 0 amide bonds. The summed E-state index contributed by atoms with van der Waals surface area (Å²) in [6.45, 7) is 0. The van der Waals surface area contributed by atoms with Crippen LogP contribution in [0.4, 0.5) is 5.69 Å². The minimum atomic E-state index is -1.29. The normalized spacial score (nSPS) is 16.0. The number of anilines is 1. The highest BCUT2D eigenvalue weighted by atomic mass is 16.4. The molecule has 2 aliphatic rings. The highest BCUT2D eigenvalue weighted by Gasteiger charge is 2.36. The van der Waals surface area contributed by atoms with Crippen LogP contribution in [0.25, 0.3) is 5.57 Å². The topological polar surface area (TPSA) is 81.1 Å². The summed E-state index contributed by atoms with van der Waals surface area (Å²) in [5.74, 6) is -2.56. The van der Waals surface area contributed by atoms with Crippen molar-refractivity contribution in [3.8, 4) is 0 Å². The summed E-state index contributed by atoms with van der Waals surface area (Å²) in [7, 11) is 0. The SMILES string of the molecule is O=C(O)C1=C(C(=O)O)N2C=CC=CN2c2ccccc21. The molecular weight excluding hydrogens is 260 g/mol. The van der Waals surface area contributed by atoms with Crippen molar-refractivity contribution in [2.45, 2.75) is 0 Å². The predicted molar refractivity (Wildman–Crippen MR) is 71.2 cm³/mol. The first-order chi connectivity index (χ1) is 9.61. The zero-order valence-corrected chi connectivity index (χ0v) is 10.2. The smallest absolute Gasteiger partial charge is 0.355 e. The lowest BCUT2D eigenvalue weighted by Gasteiger charge is -2.39. The van der Waals surface area contributed by atoms with Gasteiger partial charge in [-0.1, -0.05) is 18.2 Å². The molecule has 3 rings (SSSR count). The van der Waals surface area contributed by atoms with E-state index in [-0.39, 0.29) is 11.3 Å². The molecule has 0 aromatic heterocycles. The fourth-order valence-electron chi connectivity index (χ4n) is 2.33. The number of carboxylic acid groups (broad SMARTS) is 2. The van der Waals surface area contributed by atoms with Crippen LogP contribution in [0.3, 0.4) is 0 Å². The lowest BCUT2D eigenvalue weighted by atomic mass is 9.98. The zero-order valence-electron chi connectivity index (χ0n) is 10.2. The van der Waals surface area contributed by atoms with Gasteiger partial charge in [-0.3, -0.25) is 5.01 Å². The van der Waals surface area contributed by atoms with Crippen molar-refractivity contribution in [2.24, 2.45) is 0 Å². The molecule has 100 valence electrons. The van der Waals surface area contributed by atoms with Gasteiger partial charge in [0.2, 0.25) is 0 Å². The fraction of sp³-hybridized carbons (Fsp3) is 0. The second-order valence-corrected chi connectivity index (χ2v) is 4.22. The van der Waals surface area contributed by atoms with Crippen molar-refractivity contribution >= 4 is 23.2 Å².